The van der Waals surface area contributed by atoms with Crippen molar-refractivity contribution in [1.82, 2.24) is 9.55 Å². The standard InChI is InChI=1S/C21H23N3O2S2/c1-6-11-24-20(26)17-13(3)14(4)27-19(17)23-21(24)28-15(5)18(25)22-16-9-7-12(2)8-10-16/h6-10,15H,1,11H2,2-5H3,(H,22,25)/t15-/m1/s1. The van der Waals surface area contributed by atoms with Gasteiger partial charge in [-0.25, -0.2) is 4.98 Å². The van der Waals surface area contributed by atoms with E-state index in [4.69, 9.17) is 4.98 Å². The van der Waals surface area contributed by atoms with Crippen LogP contribution in [0.1, 0.15) is 22.9 Å². The predicted octanol–water partition coefficient (Wildman–Crippen LogP) is 4.69. The summed E-state index contributed by atoms with van der Waals surface area (Å²) >= 11 is 2.79. The van der Waals surface area contributed by atoms with Crippen LogP contribution in [0, 0.1) is 20.8 Å². The van der Waals surface area contributed by atoms with E-state index in [1.54, 1.807) is 10.6 Å². The molecule has 0 aliphatic rings. The number of benzene rings is 1. The third-order valence-corrected chi connectivity index (χ3v) is 6.73. The Hall–Kier alpha value is -2.38. The topological polar surface area (TPSA) is 64.0 Å². The SMILES string of the molecule is C=CCn1c(S[C@H](C)C(=O)Nc2ccc(C)cc2)nc2sc(C)c(C)c2c1=O. The Morgan fingerprint density at radius 1 is 1.32 bits per heavy atom. The average Bonchev–Trinajstić information content (AvgIpc) is 2.94. The van der Waals surface area contributed by atoms with Gasteiger partial charge in [0.1, 0.15) is 4.83 Å². The molecule has 1 N–H and O–H groups in total. The molecule has 1 amide bonds. The molecule has 1 atom stereocenters. The van der Waals surface area contributed by atoms with Crippen LogP contribution in [0.3, 0.4) is 0 Å². The van der Waals surface area contributed by atoms with Crippen molar-refractivity contribution >= 4 is 44.9 Å². The summed E-state index contributed by atoms with van der Waals surface area (Å²) in [4.78, 5) is 32.1. The van der Waals surface area contributed by atoms with Gasteiger partial charge in [-0.2, -0.15) is 0 Å². The van der Waals surface area contributed by atoms with Gasteiger partial charge >= 0.3 is 0 Å². The van der Waals surface area contributed by atoms with E-state index in [1.807, 2.05) is 52.0 Å². The molecule has 7 heteroatoms. The molecular formula is C21H23N3O2S2. The molecule has 0 bridgehead atoms. The van der Waals surface area contributed by atoms with E-state index in [9.17, 15) is 9.59 Å². The van der Waals surface area contributed by atoms with Gasteiger partial charge in [0.15, 0.2) is 5.16 Å². The summed E-state index contributed by atoms with van der Waals surface area (Å²) < 4.78 is 1.59. The van der Waals surface area contributed by atoms with Crippen LogP contribution in [-0.2, 0) is 11.3 Å². The van der Waals surface area contributed by atoms with Crippen molar-refractivity contribution in [1.29, 1.82) is 0 Å². The van der Waals surface area contributed by atoms with E-state index in [1.165, 1.54) is 23.1 Å². The minimum absolute atomic E-state index is 0.0830. The number of amides is 1. The lowest BCUT2D eigenvalue weighted by molar-refractivity contribution is -0.115. The summed E-state index contributed by atoms with van der Waals surface area (Å²) in [6, 6.07) is 7.65. The van der Waals surface area contributed by atoms with Gasteiger partial charge in [-0.1, -0.05) is 35.5 Å². The fraction of sp³-hybridized carbons (Fsp3) is 0.286. The van der Waals surface area contributed by atoms with Crippen LogP contribution in [0.25, 0.3) is 10.2 Å². The zero-order valence-electron chi connectivity index (χ0n) is 16.4. The molecule has 0 unspecified atom stereocenters. The highest BCUT2D eigenvalue weighted by molar-refractivity contribution is 8.00. The fourth-order valence-corrected chi connectivity index (χ4v) is 4.77. The highest BCUT2D eigenvalue weighted by Gasteiger charge is 2.21. The van der Waals surface area contributed by atoms with E-state index in [0.29, 0.717) is 21.9 Å². The molecule has 3 aromatic rings. The molecular weight excluding hydrogens is 390 g/mol. The van der Waals surface area contributed by atoms with E-state index in [-0.39, 0.29) is 11.5 Å². The normalized spacial score (nSPS) is 12.1. The van der Waals surface area contributed by atoms with E-state index in [2.05, 4.69) is 11.9 Å². The van der Waals surface area contributed by atoms with Gasteiger partial charge in [-0.3, -0.25) is 14.2 Å². The van der Waals surface area contributed by atoms with E-state index in [0.717, 1.165) is 21.7 Å². The van der Waals surface area contributed by atoms with Gasteiger partial charge in [-0.15, -0.1) is 17.9 Å². The van der Waals surface area contributed by atoms with Gasteiger partial charge < -0.3 is 5.32 Å². The lowest BCUT2D eigenvalue weighted by Crippen LogP contribution is -2.26. The van der Waals surface area contributed by atoms with Crippen LogP contribution in [0.5, 0.6) is 0 Å². The molecule has 0 aliphatic heterocycles. The summed E-state index contributed by atoms with van der Waals surface area (Å²) in [6.07, 6.45) is 1.67. The Labute approximate surface area is 172 Å². The smallest absolute Gasteiger partial charge is 0.263 e. The molecule has 2 heterocycles. The number of thiophene rings is 1. The zero-order valence-corrected chi connectivity index (χ0v) is 18.0. The highest BCUT2D eigenvalue weighted by Crippen LogP contribution is 2.30. The number of rotatable bonds is 6. The molecule has 146 valence electrons. The number of hydrogen-bond donors (Lipinski definition) is 1. The quantitative estimate of drug-likeness (QED) is 0.362. The van der Waals surface area contributed by atoms with Crippen molar-refractivity contribution in [2.75, 3.05) is 5.32 Å². The summed E-state index contributed by atoms with van der Waals surface area (Å²) in [5.41, 5.74) is 2.77. The maximum atomic E-state index is 13.0. The van der Waals surface area contributed by atoms with Crippen LogP contribution < -0.4 is 10.9 Å². The Kier molecular flexibility index (Phi) is 6.05. The second-order valence-electron chi connectivity index (χ2n) is 6.68. The molecule has 0 saturated heterocycles. The number of carbonyl (C=O) groups excluding carboxylic acids is 1. The number of aromatic nitrogens is 2. The Bertz CT molecular complexity index is 1100. The van der Waals surface area contributed by atoms with Crippen molar-refractivity contribution in [2.24, 2.45) is 0 Å². The lowest BCUT2D eigenvalue weighted by Gasteiger charge is -2.15. The van der Waals surface area contributed by atoms with Crippen LogP contribution in [0.4, 0.5) is 5.69 Å². The Morgan fingerprint density at radius 2 is 2.00 bits per heavy atom. The number of anilines is 1. The number of hydrogen-bond acceptors (Lipinski definition) is 5. The van der Waals surface area contributed by atoms with Gasteiger partial charge in [0, 0.05) is 17.1 Å². The number of allylic oxidation sites excluding steroid dienone is 1. The fourth-order valence-electron chi connectivity index (χ4n) is 2.78. The van der Waals surface area contributed by atoms with E-state index < -0.39 is 5.25 Å². The van der Waals surface area contributed by atoms with Crippen LogP contribution >= 0.6 is 23.1 Å². The third kappa shape index (κ3) is 4.05. The Balaban J connectivity index is 1.90. The molecule has 1 aromatic carbocycles. The summed E-state index contributed by atoms with van der Waals surface area (Å²) in [5, 5.41) is 3.69. The molecule has 0 fully saturated rings. The van der Waals surface area contributed by atoms with Crippen LogP contribution in [-0.4, -0.2) is 20.7 Å². The average molecular weight is 414 g/mol. The summed E-state index contributed by atoms with van der Waals surface area (Å²) in [7, 11) is 0. The van der Waals surface area contributed by atoms with Crippen LogP contribution in [0.2, 0.25) is 0 Å². The first-order valence-corrected chi connectivity index (χ1v) is 10.7. The molecule has 0 radical (unpaired) electrons. The van der Waals surface area contributed by atoms with Crippen molar-refractivity contribution < 1.29 is 4.79 Å². The summed E-state index contributed by atoms with van der Waals surface area (Å²) in [5.74, 6) is -0.133. The van der Waals surface area contributed by atoms with Crippen molar-refractivity contribution in [3.8, 4) is 0 Å². The number of nitrogens with one attached hydrogen (secondary N) is 1. The number of carbonyl (C=O) groups is 1. The zero-order chi connectivity index (χ0) is 20.4. The van der Waals surface area contributed by atoms with Gasteiger partial charge in [0.05, 0.1) is 10.6 Å². The van der Waals surface area contributed by atoms with Gasteiger partial charge in [0.25, 0.3) is 5.56 Å². The van der Waals surface area contributed by atoms with E-state index >= 15 is 0 Å². The highest BCUT2D eigenvalue weighted by atomic mass is 32.2. The lowest BCUT2D eigenvalue weighted by atomic mass is 10.2. The molecule has 3 rings (SSSR count). The largest absolute Gasteiger partial charge is 0.325 e. The summed E-state index contributed by atoms with van der Waals surface area (Å²) in [6.45, 7) is 11.8. The number of nitrogens with zero attached hydrogens (tertiary/aromatic N) is 2. The minimum atomic E-state index is -0.413. The first-order valence-electron chi connectivity index (χ1n) is 8.97. The maximum absolute atomic E-state index is 13.0. The second-order valence-corrected chi connectivity index (χ2v) is 9.19. The molecule has 0 saturated carbocycles. The van der Waals surface area contributed by atoms with Crippen molar-refractivity contribution in [3.05, 3.63) is 63.3 Å². The van der Waals surface area contributed by atoms with Crippen LogP contribution in [0.15, 0.2) is 46.9 Å². The molecule has 0 spiro atoms. The first kappa shape index (κ1) is 20.4. The van der Waals surface area contributed by atoms with Gasteiger partial charge in [-0.05, 0) is 45.4 Å². The third-order valence-electron chi connectivity index (χ3n) is 4.54. The molecule has 2 aromatic heterocycles. The molecule has 28 heavy (non-hydrogen) atoms. The number of fused-ring (bicyclic) bond motifs is 1. The molecule has 0 aliphatic carbocycles. The number of aryl methyl sites for hydroxylation is 3. The molecule has 5 nitrogen and oxygen atoms in total. The maximum Gasteiger partial charge on any atom is 0.263 e. The predicted molar refractivity (Wildman–Crippen MR) is 119 cm³/mol. The van der Waals surface area contributed by atoms with Crippen molar-refractivity contribution in [3.63, 3.8) is 0 Å². The van der Waals surface area contributed by atoms with Crippen molar-refractivity contribution in [2.45, 2.75) is 44.6 Å². The Morgan fingerprint density at radius 3 is 2.64 bits per heavy atom. The first-order chi connectivity index (χ1) is 13.3. The number of thioether (sulfide) groups is 1. The monoisotopic (exact) mass is 413 g/mol. The minimum Gasteiger partial charge on any atom is -0.325 e. The second kappa shape index (κ2) is 8.32. The van der Waals surface area contributed by atoms with Gasteiger partial charge in [0.2, 0.25) is 5.91 Å².